The van der Waals surface area contributed by atoms with Gasteiger partial charge in [-0.15, -0.1) is 0 Å². The molecule has 0 aliphatic rings. The Kier molecular flexibility index (Phi) is 7.91. The van der Waals surface area contributed by atoms with Crippen LogP contribution in [0.4, 0.5) is 5.69 Å². The van der Waals surface area contributed by atoms with Crippen molar-refractivity contribution in [3.05, 3.63) is 71.7 Å². The minimum Gasteiger partial charge on any atom is -0.474 e. The van der Waals surface area contributed by atoms with E-state index >= 15 is 0 Å². The molecule has 0 fully saturated rings. The van der Waals surface area contributed by atoms with E-state index in [0.717, 1.165) is 10.7 Å². The van der Waals surface area contributed by atoms with Crippen molar-refractivity contribution >= 4 is 56.3 Å². The number of esters is 1. The molecule has 184 valence electrons. The third kappa shape index (κ3) is 6.04. The number of ether oxygens (including phenoxy) is 2. The first-order valence-electron chi connectivity index (χ1n) is 10.5. The zero-order valence-electron chi connectivity index (χ0n) is 19.4. The summed E-state index contributed by atoms with van der Waals surface area (Å²) in [6.07, 6.45) is 1.21. The van der Waals surface area contributed by atoms with E-state index in [1.54, 1.807) is 25.1 Å². The molecular weight excluding hydrogens is 544 g/mol. The first kappa shape index (κ1) is 26.3. The van der Waals surface area contributed by atoms with Gasteiger partial charge in [0.15, 0.2) is 6.61 Å². The fourth-order valence-electron chi connectivity index (χ4n) is 3.18. The van der Waals surface area contributed by atoms with E-state index < -0.39 is 34.2 Å². The molecule has 0 atom stereocenters. The predicted molar refractivity (Wildman–Crippen MR) is 136 cm³/mol. The maximum atomic E-state index is 13.3. The fourth-order valence-corrected chi connectivity index (χ4v) is 3.77. The van der Waals surface area contributed by atoms with E-state index in [1.165, 1.54) is 12.3 Å². The molecule has 0 saturated heterocycles. The number of halogens is 2. The number of hydrogen-bond donors (Lipinski definition) is 0. The lowest BCUT2D eigenvalue weighted by atomic mass is 9.95. The van der Waals surface area contributed by atoms with Crippen LogP contribution < -0.4 is 10.3 Å². The SMILES string of the molecule is CCOC(=O)COc1c(C=Nn2c(C(C)(C)C)nc3ccc(Br)cc3c2=O)cc(Cl)cc1[N+](=O)[O-]. The van der Waals surface area contributed by atoms with Crippen LogP contribution in [0.2, 0.25) is 5.02 Å². The average molecular weight is 566 g/mol. The van der Waals surface area contributed by atoms with E-state index in [1.807, 2.05) is 20.8 Å². The molecule has 1 heterocycles. The van der Waals surface area contributed by atoms with E-state index in [2.05, 4.69) is 26.0 Å². The van der Waals surface area contributed by atoms with Gasteiger partial charge in [0, 0.05) is 26.5 Å². The molecule has 3 aromatic rings. The fraction of sp³-hybridized carbons (Fsp3) is 0.304. The monoisotopic (exact) mass is 564 g/mol. The van der Waals surface area contributed by atoms with E-state index in [0.29, 0.717) is 21.2 Å². The van der Waals surface area contributed by atoms with Crippen LogP contribution in [0.25, 0.3) is 10.9 Å². The van der Waals surface area contributed by atoms with Crippen LogP contribution in [0, 0.1) is 10.1 Å². The molecule has 0 saturated carbocycles. The lowest BCUT2D eigenvalue weighted by molar-refractivity contribution is -0.385. The summed E-state index contributed by atoms with van der Waals surface area (Å²) in [6.45, 7) is 6.83. The lowest BCUT2D eigenvalue weighted by Crippen LogP contribution is -2.29. The number of benzene rings is 2. The summed E-state index contributed by atoms with van der Waals surface area (Å²) in [4.78, 5) is 40.7. The highest BCUT2D eigenvalue weighted by molar-refractivity contribution is 9.10. The Balaban J connectivity index is 2.19. The first-order chi connectivity index (χ1) is 16.4. The van der Waals surface area contributed by atoms with Gasteiger partial charge in [-0.2, -0.15) is 9.78 Å². The highest BCUT2D eigenvalue weighted by atomic mass is 79.9. The molecule has 3 rings (SSSR count). The molecule has 0 N–H and O–H groups in total. The minimum absolute atomic E-state index is 0.0468. The van der Waals surface area contributed by atoms with Crippen molar-refractivity contribution in [2.75, 3.05) is 13.2 Å². The molecular formula is C23H22BrClN4O6. The van der Waals surface area contributed by atoms with Gasteiger partial charge in [-0.05, 0) is 31.2 Å². The predicted octanol–water partition coefficient (Wildman–Crippen LogP) is 4.84. The largest absolute Gasteiger partial charge is 0.474 e. The Hall–Kier alpha value is -3.31. The number of nitrogens with zero attached hydrogens (tertiary/aromatic N) is 4. The molecule has 0 spiro atoms. The van der Waals surface area contributed by atoms with Gasteiger partial charge in [0.25, 0.3) is 5.56 Å². The average Bonchev–Trinajstić information content (AvgIpc) is 2.77. The maximum absolute atomic E-state index is 13.3. The summed E-state index contributed by atoms with van der Waals surface area (Å²) in [5, 5.41) is 16.3. The molecule has 0 aliphatic heterocycles. The van der Waals surface area contributed by atoms with Crippen molar-refractivity contribution in [2.24, 2.45) is 5.10 Å². The van der Waals surface area contributed by atoms with E-state index in [4.69, 9.17) is 21.1 Å². The van der Waals surface area contributed by atoms with Gasteiger partial charge in [0.2, 0.25) is 5.75 Å². The molecule has 0 unspecified atom stereocenters. The zero-order chi connectivity index (χ0) is 25.9. The van der Waals surface area contributed by atoms with Crippen LogP contribution in [0.3, 0.4) is 0 Å². The van der Waals surface area contributed by atoms with Gasteiger partial charge in [-0.1, -0.05) is 48.3 Å². The summed E-state index contributed by atoms with van der Waals surface area (Å²) < 4.78 is 12.1. The number of nitro groups is 1. The molecule has 0 amide bonds. The molecule has 0 aliphatic carbocycles. The third-order valence-electron chi connectivity index (χ3n) is 4.69. The summed E-state index contributed by atoms with van der Waals surface area (Å²) in [5.41, 5.74) is -0.863. The second-order valence-electron chi connectivity index (χ2n) is 8.40. The van der Waals surface area contributed by atoms with Gasteiger partial charge in [-0.25, -0.2) is 9.78 Å². The first-order valence-corrected chi connectivity index (χ1v) is 11.6. The topological polar surface area (TPSA) is 126 Å². The maximum Gasteiger partial charge on any atom is 0.344 e. The molecule has 0 bridgehead atoms. The van der Waals surface area contributed by atoms with E-state index in [-0.39, 0.29) is 22.9 Å². The van der Waals surface area contributed by atoms with Crippen LogP contribution in [0.5, 0.6) is 5.75 Å². The van der Waals surface area contributed by atoms with Crippen molar-refractivity contribution in [3.8, 4) is 5.75 Å². The number of carbonyl (C=O) groups is 1. The second-order valence-corrected chi connectivity index (χ2v) is 9.75. The van der Waals surface area contributed by atoms with Crippen LogP contribution in [0.15, 0.2) is 44.7 Å². The minimum atomic E-state index is -0.699. The van der Waals surface area contributed by atoms with Crippen LogP contribution in [0.1, 0.15) is 39.1 Å². The van der Waals surface area contributed by atoms with Gasteiger partial charge in [0.1, 0.15) is 5.82 Å². The molecule has 35 heavy (non-hydrogen) atoms. The third-order valence-corrected chi connectivity index (χ3v) is 5.40. The van der Waals surface area contributed by atoms with Crippen molar-refractivity contribution in [3.63, 3.8) is 0 Å². The highest BCUT2D eigenvalue weighted by Gasteiger charge is 2.24. The molecule has 12 heteroatoms. The molecule has 2 aromatic carbocycles. The Labute approximate surface area is 213 Å². The van der Waals surface area contributed by atoms with Gasteiger partial charge >= 0.3 is 11.7 Å². The summed E-state index contributed by atoms with van der Waals surface area (Å²) in [7, 11) is 0. The summed E-state index contributed by atoms with van der Waals surface area (Å²) in [6, 6.07) is 7.63. The van der Waals surface area contributed by atoms with E-state index in [9.17, 15) is 19.7 Å². The Bertz CT molecular complexity index is 1400. The number of aromatic nitrogens is 2. The van der Waals surface area contributed by atoms with Crippen molar-refractivity contribution in [2.45, 2.75) is 33.1 Å². The summed E-state index contributed by atoms with van der Waals surface area (Å²) >= 11 is 9.45. The highest BCUT2D eigenvalue weighted by Crippen LogP contribution is 2.34. The van der Waals surface area contributed by atoms with Gasteiger partial charge < -0.3 is 9.47 Å². The van der Waals surface area contributed by atoms with Crippen molar-refractivity contribution < 1.29 is 19.2 Å². The van der Waals surface area contributed by atoms with Crippen LogP contribution in [-0.4, -0.2) is 40.0 Å². The Morgan fingerprint density at radius 3 is 2.66 bits per heavy atom. The molecule has 10 nitrogen and oxygen atoms in total. The van der Waals surface area contributed by atoms with Crippen LogP contribution in [-0.2, 0) is 14.9 Å². The molecule has 1 aromatic heterocycles. The van der Waals surface area contributed by atoms with Gasteiger partial charge in [-0.3, -0.25) is 14.9 Å². The van der Waals surface area contributed by atoms with Crippen molar-refractivity contribution in [1.82, 2.24) is 9.66 Å². The number of rotatable bonds is 7. The lowest BCUT2D eigenvalue weighted by Gasteiger charge is -2.21. The quantitative estimate of drug-likeness (QED) is 0.174. The number of hydrogen-bond acceptors (Lipinski definition) is 8. The number of fused-ring (bicyclic) bond motifs is 1. The Morgan fingerprint density at radius 2 is 2.03 bits per heavy atom. The standard InChI is InChI=1S/C23H22BrClN4O6/c1-5-34-19(30)12-35-20-13(8-15(25)10-18(20)29(32)33)11-26-28-21(31)16-9-14(24)6-7-17(16)27-22(28)23(2,3)4/h6-11H,5,12H2,1-4H3. The van der Waals surface area contributed by atoms with Crippen LogP contribution >= 0.6 is 27.5 Å². The number of carbonyl (C=O) groups excluding carboxylic acids is 1. The zero-order valence-corrected chi connectivity index (χ0v) is 21.7. The second kappa shape index (κ2) is 10.5. The summed E-state index contributed by atoms with van der Waals surface area (Å²) in [5.74, 6) is -0.563. The normalized spacial score (nSPS) is 11.7. The van der Waals surface area contributed by atoms with Crippen molar-refractivity contribution in [1.29, 1.82) is 0 Å². The number of nitro benzene ring substituents is 1. The smallest absolute Gasteiger partial charge is 0.344 e. The molecule has 0 radical (unpaired) electrons. The Morgan fingerprint density at radius 1 is 1.31 bits per heavy atom. The van der Waals surface area contributed by atoms with Gasteiger partial charge in [0.05, 0.1) is 28.6 Å².